The summed E-state index contributed by atoms with van der Waals surface area (Å²) in [4.78, 5) is 54.5. The molecule has 3 amide bonds. The maximum atomic E-state index is 13.8. The number of benzene rings is 5. The molecule has 2 aliphatic carbocycles. The van der Waals surface area contributed by atoms with Crippen LogP contribution in [0.25, 0.3) is 31.3 Å². The maximum Gasteiger partial charge on any atom is 0.263 e. The van der Waals surface area contributed by atoms with Crippen molar-refractivity contribution in [2.24, 2.45) is 0 Å². The number of pyridine rings is 1. The molecule has 0 saturated heterocycles. The fraction of sp³-hybridized carbons (Fsp3) is 0.230. The number of phenols is 2. The van der Waals surface area contributed by atoms with Gasteiger partial charge < -0.3 is 25.0 Å². The third-order valence-corrected chi connectivity index (χ3v) is 15.6. The zero-order valence-electron chi connectivity index (χ0n) is 46.0. The molecule has 5 heterocycles. The second-order valence-electron chi connectivity index (χ2n) is 17.7. The molecule has 0 bridgehead atoms. The number of thiazole rings is 3. The van der Waals surface area contributed by atoms with Crippen LogP contribution in [0.5, 0.6) is 23.0 Å². The van der Waals surface area contributed by atoms with E-state index in [2.05, 4.69) is 55.7 Å². The normalized spacial score (nSPS) is 12.0. The van der Waals surface area contributed by atoms with E-state index in [-0.39, 0.29) is 28.6 Å². The summed E-state index contributed by atoms with van der Waals surface area (Å²) in [5.74, 6) is -3.77. The lowest BCUT2D eigenvalue weighted by Crippen LogP contribution is -2.15. The number of para-hydroxylation sites is 1. The van der Waals surface area contributed by atoms with Crippen molar-refractivity contribution in [3.05, 3.63) is 183 Å². The van der Waals surface area contributed by atoms with Crippen LogP contribution in [0.3, 0.4) is 0 Å². The van der Waals surface area contributed by atoms with Crippen molar-refractivity contribution in [2.75, 3.05) is 29.7 Å². The van der Waals surface area contributed by atoms with Crippen molar-refractivity contribution < 1.29 is 56.0 Å². The van der Waals surface area contributed by atoms with E-state index in [4.69, 9.17) is 9.47 Å². The Hall–Kier alpha value is -8.60. The third kappa shape index (κ3) is 15.3. The summed E-state index contributed by atoms with van der Waals surface area (Å²) in [6, 6.07) is 24.4. The van der Waals surface area contributed by atoms with Gasteiger partial charge in [-0.15, -0.1) is 11.3 Å². The Morgan fingerprint density at radius 3 is 1.76 bits per heavy atom. The highest BCUT2D eigenvalue weighted by molar-refractivity contribution is 7.19. The first-order valence-electron chi connectivity index (χ1n) is 26.4. The highest BCUT2D eigenvalue weighted by Gasteiger charge is 2.25. The van der Waals surface area contributed by atoms with Crippen molar-refractivity contribution in [3.8, 4) is 54.3 Å². The van der Waals surface area contributed by atoms with Gasteiger partial charge in [0.05, 0.1) is 62.2 Å². The van der Waals surface area contributed by atoms with Gasteiger partial charge in [-0.05, 0) is 129 Å². The minimum atomic E-state index is -0.940. The largest absolute Gasteiger partial charge is 0.508 e. The van der Waals surface area contributed by atoms with Crippen LogP contribution >= 0.6 is 34.0 Å². The van der Waals surface area contributed by atoms with Gasteiger partial charge in [0.25, 0.3) is 11.8 Å². The van der Waals surface area contributed by atoms with Crippen LogP contribution in [0, 0.1) is 36.0 Å². The van der Waals surface area contributed by atoms with Crippen molar-refractivity contribution in [1.29, 1.82) is 0 Å². The topological polar surface area (TPSA) is 198 Å². The van der Waals surface area contributed by atoms with E-state index in [9.17, 15) is 46.5 Å². The van der Waals surface area contributed by atoms with Crippen LogP contribution in [0.2, 0.25) is 0 Å². The summed E-state index contributed by atoms with van der Waals surface area (Å²) in [6.45, 7) is 10.5. The number of halogens is 5. The molecule has 432 valence electrons. The summed E-state index contributed by atoms with van der Waals surface area (Å²) in [5, 5.41) is 28.4. The average molecular weight is 1190 g/mol. The van der Waals surface area contributed by atoms with Gasteiger partial charge in [-0.1, -0.05) is 74.6 Å². The number of amides is 3. The second kappa shape index (κ2) is 29.4. The van der Waals surface area contributed by atoms with Gasteiger partial charge in [0, 0.05) is 29.3 Å². The molecule has 0 atom stereocenters. The lowest BCUT2D eigenvalue weighted by Gasteiger charge is -2.07. The lowest BCUT2D eigenvalue weighted by molar-refractivity contribution is -0.105. The second-order valence-corrected chi connectivity index (χ2v) is 20.9. The smallest absolute Gasteiger partial charge is 0.263 e. The van der Waals surface area contributed by atoms with Crippen LogP contribution in [-0.2, 0) is 36.9 Å². The van der Waals surface area contributed by atoms with Crippen molar-refractivity contribution in [1.82, 2.24) is 19.9 Å². The summed E-state index contributed by atoms with van der Waals surface area (Å²) < 4.78 is 77.3. The fourth-order valence-corrected chi connectivity index (χ4v) is 11.9. The molecule has 1 aliphatic heterocycles. The first kappa shape index (κ1) is 62.0. The molecule has 83 heavy (non-hydrogen) atoms. The number of ether oxygens (including phenoxy) is 2. The first-order valence-corrected chi connectivity index (χ1v) is 28.8. The molecular formula is C61H58F5N7O7S3. The van der Waals surface area contributed by atoms with Gasteiger partial charge in [-0.25, -0.2) is 36.9 Å². The zero-order valence-corrected chi connectivity index (χ0v) is 48.4. The van der Waals surface area contributed by atoms with Gasteiger partial charge in [-0.3, -0.25) is 30.0 Å². The number of nitrogens with zero attached hydrogens (tertiary/aromatic N) is 4. The van der Waals surface area contributed by atoms with Gasteiger partial charge in [-0.2, -0.15) is 0 Å². The van der Waals surface area contributed by atoms with Crippen molar-refractivity contribution in [2.45, 2.75) is 79.6 Å². The predicted octanol–water partition coefficient (Wildman–Crippen LogP) is 15.0. The molecule has 0 saturated carbocycles. The average Bonchev–Trinajstić information content (AvgIpc) is 4.34. The Kier molecular flexibility index (Phi) is 22.0. The van der Waals surface area contributed by atoms with Crippen LogP contribution in [0.1, 0.15) is 94.5 Å². The Balaban J connectivity index is 0.000000162. The monoisotopic (exact) mass is 1190 g/mol. The third-order valence-electron chi connectivity index (χ3n) is 12.4. The molecule has 14 nitrogen and oxygen atoms in total. The molecule has 0 unspecified atom stereocenters. The number of fused-ring (bicyclic) bond motifs is 9. The number of nitrogens with one attached hydrogen (secondary N) is 3. The number of anilines is 3. The number of carbonyl (C=O) groups is 3. The van der Waals surface area contributed by atoms with Gasteiger partial charge in [0.1, 0.15) is 57.5 Å². The molecular weight excluding hydrogens is 1130 g/mol. The number of aromatic hydroxyl groups is 2. The number of rotatable bonds is 7. The van der Waals surface area contributed by atoms with Crippen LogP contribution in [-0.4, -0.2) is 62.1 Å². The van der Waals surface area contributed by atoms with Crippen molar-refractivity contribution in [3.63, 3.8) is 0 Å². The van der Waals surface area contributed by atoms with E-state index in [1.165, 1.54) is 69.9 Å². The quantitative estimate of drug-likeness (QED) is 0.0752. The SMILES string of the molecule is CC.CC.COc1ccc2c(c1)-c1sc(C)nc1CCC2.O=C(Nc1nc2c(s1)-c1cc(O)ccc1CCC2)c1ccncc1F.O=C(Nc1nc2c(s1)-c1cc(O)ccc1OCC2)c1c(F)cccc1F.O=CNc1c(F)cccc1F. The number of methoxy groups -OCH3 is 1. The maximum absolute atomic E-state index is 13.8. The molecule has 12 rings (SSSR count). The number of hydrogen-bond acceptors (Lipinski definition) is 14. The number of aromatic nitrogens is 4. The Bertz CT molecular complexity index is 3700. The number of hydrogen-bond donors (Lipinski definition) is 5. The summed E-state index contributed by atoms with van der Waals surface area (Å²) in [6.07, 6.45) is 9.18. The summed E-state index contributed by atoms with van der Waals surface area (Å²) in [5.41, 5.74) is 7.20. The molecule has 0 radical (unpaired) electrons. The molecule has 4 aromatic heterocycles. The van der Waals surface area contributed by atoms with E-state index >= 15 is 0 Å². The van der Waals surface area contributed by atoms with Crippen LogP contribution in [0.15, 0.2) is 109 Å². The van der Waals surface area contributed by atoms with Crippen LogP contribution in [0.4, 0.5) is 37.9 Å². The number of carbonyl (C=O) groups excluding carboxylic acids is 3. The number of aryl methyl sites for hydroxylation is 5. The Morgan fingerprint density at radius 1 is 0.614 bits per heavy atom. The summed E-state index contributed by atoms with van der Waals surface area (Å²) in [7, 11) is 1.72. The molecule has 5 N–H and O–H groups in total. The van der Waals surface area contributed by atoms with E-state index in [1.807, 2.05) is 39.1 Å². The molecule has 0 fully saturated rings. The highest BCUT2D eigenvalue weighted by Crippen LogP contribution is 2.44. The van der Waals surface area contributed by atoms with Crippen molar-refractivity contribution >= 4 is 68.2 Å². The molecule has 9 aromatic rings. The molecule has 3 aliphatic rings. The number of phenolic OH excluding ortho intramolecular Hbond substituents is 2. The minimum absolute atomic E-state index is 0.0709. The Morgan fingerprint density at radius 2 is 1.14 bits per heavy atom. The van der Waals surface area contributed by atoms with Gasteiger partial charge in [0.15, 0.2) is 16.1 Å². The van der Waals surface area contributed by atoms with E-state index in [1.54, 1.807) is 42.7 Å². The predicted molar refractivity (Wildman–Crippen MR) is 316 cm³/mol. The summed E-state index contributed by atoms with van der Waals surface area (Å²) >= 11 is 4.29. The van der Waals surface area contributed by atoms with Crippen LogP contribution < -0.4 is 25.4 Å². The fourth-order valence-electron chi connectivity index (χ4n) is 8.79. The first-order chi connectivity index (χ1) is 40.2. The zero-order chi connectivity index (χ0) is 59.7. The lowest BCUT2D eigenvalue weighted by atomic mass is 10.0. The van der Waals surface area contributed by atoms with Gasteiger partial charge in [0.2, 0.25) is 6.41 Å². The minimum Gasteiger partial charge on any atom is -0.508 e. The van der Waals surface area contributed by atoms with E-state index < -0.39 is 52.2 Å². The van der Waals surface area contributed by atoms with E-state index in [0.717, 1.165) is 111 Å². The molecule has 22 heteroatoms. The molecule has 5 aromatic carbocycles. The van der Waals surface area contributed by atoms with Gasteiger partial charge >= 0.3 is 0 Å². The highest BCUT2D eigenvalue weighted by atomic mass is 32.1. The molecule has 0 spiro atoms. The Labute approximate surface area is 488 Å². The van der Waals surface area contributed by atoms with E-state index in [0.29, 0.717) is 35.2 Å². The standard InChI is InChI=1S/C18H12F2N2O3S.C18H14FN3O2S.C14H15NOS.C7H5F2NO.2C2H6/c19-11-2-1-3-12(20)15(11)17(24)22-18-21-13-6-7-25-14-5-4-9(23)8-10(14)16(13)26-18;19-14-9-20-7-6-12(14)17(24)22-18-21-15-3-1-2-10-4-5-11(23)8-13(10)16(15)25-18;1-9-15-13-5-3-4-10-6-7-11(16-2)8-12(10)14(13)17-9;8-5-2-1-3-6(9)7(5)10-4-11;2*1-2/h1-5,8,23H,6-7H2,(H,21,22,24);4-9,23H,1-3H2,(H,21,22,24);6-8H,3-5H2,1-2H3;1-4H,(H,10,11);2*1-2H3.